The maximum atomic E-state index is 13.7. The standard InChI is InChI=1S/C23H30N4OS/c1-17-24-19(16-29-17)15-27-21-9-5-4-8-20(21)25-23(22(27)28)10-12-26(13-11-23)14-18-6-2-3-7-18/h4-5,8-9,16,18,25H,2-3,6-7,10-15H2,1H3. The van der Waals surface area contributed by atoms with Gasteiger partial charge in [-0.2, -0.15) is 0 Å². The first kappa shape index (κ1) is 19.1. The summed E-state index contributed by atoms with van der Waals surface area (Å²) in [6.45, 7) is 5.78. The number of nitrogens with one attached hydrogen (secondary N) is 1. The zero-order valence-corrected chi connectivity index (χ0v) is 18.0. The maximum Gasteiger partial charge on any atom is 0.253 e. The quantitative estimate of drug-likeness (QED) is 0.810. The number of hydrogen-bond donors (Lipinski definition) is 1. The van der Waals surface area contributed by atoms with Crippen molar-refractivity contribution in [3.05, 3.63) is 40.3 Å². The van der Waals surface area contributed by atoms with E-state index in [1.54, 1.807) is 11.3 Å². The number of amides is 1. The first-order valence-electron chi connectivity index (χ1n) is 11.0. The van der Waals surface area contributed by atoms with Gasteiger partial charge in [0.15, 0.2) is 0 Å². The number of para-hydroxylation sites is 2. The van der Waals surface area contributed by atoms with Crippen LogP contribution >= 0.6 is 11.3 Å². The molecule has 6 heteroatoms. The molecular formula is C23H30N4OS. The summed E-state index contributed by atoms with van der Waals surface area (Å²) in [6.07, 6.45) is 7.30. The smallest absolute Gasteiger partial charge is 0.253 e. The van der Waals surface area contributed by atoms with Crippen molar-refractivity contribution < 1.29 is 4.79 Å². The minimum absolute atomic E-state index is 0.211. The van der Waals surface area contributed by atoms with Crippen LogP contribution < -0.4 is 10.2 Å². The SMILES string of the molecule is Cc1nc(CN2C(=O)C3(CCN(CC4CCCC4)CC3)Nc3ccccc32)cs1. The Morgan fingerprint density at radius 1 is 1.21 bits per heavy atom. The second-order valence-electron chi connectivity index (χ2n) is 8.92. The van der Waals surface area contributed by atoms with E-state index >= 15 is 0 Å². The number of benzene rings is 1. The van der Waals surface area contributed by atoms with Crippen LogP contribution in [-0.4, -0.2) is 41.0 Å². The van der Waals surface area contributed by atoms with E-state index in [1.165, 1.54) is 32.2 Å². The topological polar surface area (TPSA) is 48.5 Å². The number of thiazole rings is 1. The Hall–Kier alpha value is -1.92. The number of anilines is 2. The van der Waals surface area contributed by atoms with Crippen LogP contribution in [0.1, 0.15) is 49.2 Å². The van der Waals surface area contributed by atoms with Crippen LogP contribution in [0.5, 0.6) is 0 Å². The first-order valence-corrected chi connectivity index (χ1v) is 11.8. The zero-order chi connectivity index (χ0) is 19.8. The summed E-state index contributed by atoms with van der Waals surface area (Å²) in [4.78, 5) is 22.9. The first-order chi connectivity index (χ1) is 14.1. The van der Waals surface area contributed by atoms with Crippen molar-refractivity contribution in [3.8, 4) is 0 Å². The average Bonchev–Trinajstić information content (AvgIpc) is 3.39. The Morgan fingerprint density at radius 2 is 1.97 bits per heavy atom. The minimum atomic E-state index is -0.481. The van der Waals surface area contributed by atoms with Gasteiger partial charge >= 0.3 is 0 Å². The third kappa shape index (κ3) is 3.68. The molecule has 3 aliphatic rings. The van der Waals surface area contributed by atoms with Crippen molar-refractivity contribution in [2.24, 2.45) is 5.92 Å². The summed E-state index contributed by atoms with van der Waals surface area (Å²) in [5, 5.41) is 6.78. The Labute approximate surface area is 177 Å². The number of piperidine rings is 1. The Balaban J connectivity index is 1.36. The van der Waals surface area contributed by atoms with Gasteiger partial charge in [-0.15, -0.1) is 11.3 Å². The van der Waals surface area contributed by atoms with Gasteiger partial charge in [0, 0.05) is 25.0 Å². The molecule has 0 radical (unpaired) electrons. The third-order valence-electron chi connectivity index (χ3n) is 6.91. The van der Waals surface area contributed by atoms with E-state index in [-0.39, 0.29) is 5.91 Å². The lowest BCUT2D eigenvalue weighted by molar-refractivity contribution is -0.125. The Bertz CT molecular complexity index is 881. The number of carbonyl (C=O) groups excluding carboxylic acids is 1. The van der Waals surface area contributed by atoms with Gasteiger partial charge in [-0.3, -0.25) is 4.79 Å². The lowest BCUT2D eigenvalue weighted by Crippen LogP contribution is -2.61. The monoisotopic (exact) mass is 410 g/mol. The zero-order valence-electron chi connectivity index (χ0n) is 17.2. The lowest BCUT2D eigenvalue weighted by atomic mass is 9.83. The van der Waals surface area contributed by atoms with Crippen molar-refractivity contribution in [3.63, 3.8) is 0 Å². The second kappa shape index (κ2) is 7.73. The van der Waals surface area contributed by atoms with Gasteiger partial charge < -0.3 is 15.1 Å². The number of carbonyl (C=O) groups is 1. The number of rotatable bonds is 4. The molecule has 1 aromatic heterocycles. The predicted molar refractivity (Wildman–Crippen MR) is 118 cm³/mol. The second-order valence-corrected chi connectivity index (χ2v) is 9.99. The number of aromatic nitrogens is 1. The summed E-state index contributed by atoms with van der Waals surface area (Å²) < 4.78 is 0. The molecule has 154 valence electrons. The molecule has 5 nitrogen and oxygen atoms in total. The molecule has 1 aromatic carbocycles. The van der Waals surface area contributed by atoms with Crippen molar-refractivity contribution in [2.45, 2.75) is 57.5 Å². The summed E-state index contributed by atoms with van der Waals surface area (Å²) in [5.74, 6) is 1.08. The third-order valence-corrected chi connectivity index (χ3v) is 7.73. The molecular weight excluding hydrogens is 380 g/mol. The fourth-order valence-corrected chi connectivity index (χ4v) is 5.91. The molecule has 1 aliphatic carbocycles. The predicted octanol–water partition coefficient (Wildman–Crippen LogP) is 4.44. The highest BCUT2D eigenvalue weighted by Crippen LogP contribution is 2.41. The molecule has 2 aromatic rings. The highest BCUT2D eigenvalue weighted by atomic mass is 32.1. The van der Waals surface area contributed by atoms with Crippen molar-refractivity contribution in [1.29, 1.82) is 0 Å². The van der Waals surface area contributed by atoms with E-state index in [0.717, 1.165) is 53.9 Å². The van der Waals surface area contributed by atoms with E-state index in [1.807, 2.05) is 24.0 Å². The van der Waals surface area contributed by atoms with Gasteiger partial charge in [0.2, 0.25) is 0 Å². The number of fused-ring (bicyclic) bond motifs is 1. The largest absolute Gasteiger partial charge is 0.369 e. The van der Waals surface area contributed by atoms with Crippen LogP contribution in [0.2, 0.25) is 0 Å². The summed E-state index contributed by atoms with van der Waals surface area (Å²) >= 11 is 1.65. The van der Waals surface area contributed by atoms with E-state index in [9.17, 15) is 4.79 Å². The molecule has 1 saturated carbocycles. The number of nitrogens with zero attached hydrogens (tertiary/aromatic N) is 3. The Morgan fingerprint density at radius 3 is 2.69 bits per heavy atom. The van der Waals surface area contributed by atoms with E-state index in [2.05, 4.69) is 32.7 Å². The van der Waals surface area contributed by atoms with Crippen LogP contribution in [0.15, 0.2) is 29.6 Å². The molecule has 0 bridgehead atoms. The fraction of sp³-hybridized carbons (Fsp3) is 0.565. The van der Waals surface area contributed by atoms with Crippen LogP contribution in [0.4, 0.5) is 11.4 Å². The fourth-order valence-electron chi connectivity index (χ4n) is 5.31. The summed E-state index contributed by atoms with van der Waals surface area (Å²) in [5.41, 5.74) is 2.54. The normalized spacial score (nSPS) is 22.1. The number of aryl methyl sites for hydroxylation is 1. The lowest BCUT2D eigenvalue weighted by Gasteiger charge is -2.48. The number of likely N-dealkylation sites (tertiary alicyclic amines) is 1. The maximum absolute atomic E-state index is 13.7. The van der Waals surface area contributed by atoms with Gasteiger partial charge in [-0.05, 0) is 50.7 Å². The van der Waals surface area contributed by atoms with Crippen molar-refractivity contribution in [2.75, 3.05) is 29.9 Å². The van der Waals surface area contributed by atoms with Crippen LogP contribution in [0.25, 0.3) is 0 Å². The molecule has 1 amide bonds. The molecule has 1 saturated heterocycles. The molecule has 5 rings (SSSR count). The molecule has 29 heavy (non-hydrogen) atoms. The Kier molecular flexibility index (Phi) is 5.08. The summed E-state index contributed by atoms with van der Waals surface area (Å²) in [6, 6.07) is 8.21. The molecule has 1 N–H and O–H groups in total. The molecule has 2 aliphatic heterocycles. The molecule has 0 atom stereocenters. The molecule has 3 heterocycles. The van der Waals surface area contributed by atoms with Crippen molar-refractivity contribution in [1.82, 2.24) is 9.88 Å². The highest BCUT2D eigenvalue weighted by Gasteiger charge is 2.47. The van der Waals surface area contributed by atoms with Crippen LogP contribution in [0, 0.1) is 12.8 Å². The van der Waals surface area contributed by atoms with Gasteiger partial charge in [0.25, 0.3) is 5.91 Å². The number of hydrogen-bond acceptors (Lipinski definition) is 5. The van der Waals surface area contributed by atoms with Gasteiger partial charge in [0.1, 0.15) is 5.54 Å². The average molecular weight is 411 g/mol. The van der Waals surface area contributed by atoms with E-state index in [0.29, 0.717) is 6.54 Å². The molecule has 0 unspecified atom stereocenters. The summed E-state index contributed by atoms with van der Waals surface area (Å²) in [7, 11) is 0. The highest BCUT2D eigenvalue weighted by molar-refractivity contribution is 7.09. The molecule has 2 fully saturated rings. The van der Waals surface area contributed by atoms with Crippen molar-refractivity contribution >= 4 is 28.6 Å². The van der Waals surface area contributed by atoms with Gasteiger partial charge in [-0.1, -0.05) is 25.0 Å². The van der Waals surface area contributed by atoms with Gasteiger partial charge in [-0.25, -0.2) is 4.98 Å². The van der Waals surface area contributed by atoms with E-state index < -0.39 is 5.54 Å². The van der Waals surface area contributed by atoms with Gasteiger partial charge in [0.05, 0.1) is 28.6 Å². The molecule has 1 spiro atoms. The minimum Gasteiger partial charge on any atom is -0.369 e. The van der Waals surface area contributed by atoms with Crippen LogP contribution in [-0.2, 0) is 11.3 Å². The van der Waals surface area contributed by atoms with E-state index in [4.69, 9.17) is 0 Å². The van der Waals surface area contributed by atoms with Crippen LogP contribution in [0.3, 0.4) is 0 Å².